The predicted octanol–water partition coefficient (Wildman–Crippen LogP) is 5.24. The van der Waals surface area contributed by atoms with Crippen LogP contribution in [-0.4, -0.2) is 19.0 Å². The molecule has 0 aliphatic rings. The van der Waals surface area contributed by atoms with Crippen molar-refractivity contribution in [2.45, 2.75) is 0 Å². The number of ether oxygens (including phenoxy) is 1. The number of hydrogen-bond donors (Lipinski definition) is 3. The van der Waals surface area contributed by atoms with Gasteiger partial charge in [0.15, 0.2) is 0 Å². The Morgan fingerprint density at radius 2 is 1.57 bits per heavy atom. The molecule has 0 unspecified atom stereocenters. The zero-order valence-corrected chi connectivity index (χ0v) is 15.8. The zero-order valence-electron chi connectivity index (χ0n) is 15.0. The first-order valence-corrected chi connectivity index (χ1v) is 8.81. The molecule has 0 aliphatic carbocycles. The second-order valence-corrected chi connectivity index (χ2v) is 6.25. The van der Waals surface area contributed by atoms with Crippen LogP contribution in [0.3, 0.4) is 0 Å². The molecule has 0 aromatic heterocycles. The second-order valence-electron chi connectivity index (χ2n) is 5.82. The number of nitrogens with one attached hydrogen (secondary N) is 3. The predicted molar refractivity (Wildman–Crippen MR) is 111 cm³/mol. The van der Waals surface area contributed by atoms with E-state index in [1.807, 2.05) is 0 Å². The van der Waals surface area contributed by atoms with Crippen LogP contribution in [0.1, 0.15) is 10.4 Å². The van der Waals surface area contributed by atoms with Crippen LogP contribution in [0.25, 0.3) is 0 Å². The topological polar surface area (TPSA) is 79.5 Å². The van der Waals surface area contributed by atoms with Crippen LogP contribution in [-0.2, 0) is 0 Å². The number of amides is 3. The van der Waals surface area contributed by atoms with Gasteiger partial charge in [-0.15, -0.1) is 0 Å². The van der Waals surface area contributed by atoms with E-state index >= 15 is 0 Å². The summed E-state index contributed by atoms with van der Waals surface area (Å²) >= 11 is 5.92. The largest absolute Gasteiger partial charge is 0.497 e. The maximum Gasteiger partial charge on any atom is 0.323 e. The number of carbonyl (C=O) groups excluding carboxylic acids is 2. The van der Waals surface area contributed by atoms with Crippen molar-refractivity contribution in [2.24, 2.45) is 0 Å². The molecular formula is C21H18ClN3O3. The molecule has 0 heterocycles. The normalized spacial score (nSPS) is 10.1. The lowest BCUT2D eigenvalue weighted by molar-refractivity contribution is 0.102. The van der Waals surface area contributed by atoms with Gasteiger partial charge in [-0.3, -0.25) is 4.79 Å². The van der Waals surface area contributed by atoms with Crippen molar-refractivity contribution < 1.29 is 14.3 Å². The average Bonchev–Trinajstić information content (AvgIpc) is 2.69. The summed E-state index contributed by atoms with van der Waals surface area (Å²) in [7, 11) is 1.57. The maximum absolute atomic E-state index is 12.6. The summed E-state index contributed by atoms with van der Waals surface area (Å²) in [6.07, 6.45) is 0. The Bertz CT molecular complexity index is 990. The molecule has 0 saturated carbocycles. The third-order valence-electron chi connectivity index (χ3n) is 3.85. The van der Waals surface area contributed by atoms with E-state index in [1.54, 1.807) is 79.9 Å². The van der Waals surface area contributed by atoms with Crippen molar-refractivity contribution in [1.29, 1.82) is 0 Å². The van der Waals surface area contributed by atoms with Crippen molar-refractivity contribution in [3.05, 3.63) is 83.4 Å². The smallest absolute Gasteiger partial charge is 0.323 e. The molecule has 3 amide bonds. The summed E-state index contributed by atoms with van der Waals surface area (Å²) in [5, 5.41) is 8.68. The minimum Gasteiger partial charge on any atom is -0.497 e. The molecule has 3 aromatic carbocycles. The van der Waals surface area contributed by atoms with Gasteiger partial charge < -0.3 is 20.7 Å². The van der Waals surface area contributed by atoms with Crippen LogP contribution >= 0.6 is 11.6 Å². The minimum absolute atomic E-state index is 0.333. The van der Waals surface area contributed by atoms with Gasteiger partial charge in [-0.05, 0) is 54.6 Å². The van der Waals surface area contributed by atoms with Gasteiger partial charge in [0.25, 0.3) is 5.91 Å². The second kappa shape index (κ2) is 8.92. The molecule has 142 valence electrons. The molecule has 7 heteroatoms. The molecule has 6 nitrogen and oxygen atoms in total. The van der Waals surface area contributed by atoms with E-state index in [2.05, 4.69) is 16.0 Å². The van der Waals surface area contributed by atoms with Crippen molar-refractivity contribution in [3.63, 3.8) is 0 Å². The van der Waals surface area contributed by atoms with E-state index in [-0.39, 0.29) is 5.91 Å². The highest BCUT2D eigenvalue weighted by atomic mass is 35.5. The molecule has 3 rings (SSSR count). The van der Waals surface area contributed by atoms with Gasteiger partial charge >= 0.3 is 6.03 Å². The average molecular weight is 396 g/mol. The first-order valence-electron chi connectivity index (χ1n) is 8.43. The highest BCUT2D eigenvalue weighted by Crippen LogP contribution is 2.20. The Labute approximate surface area is 167 Å². The van der Waals surface area contributed by atoms with Gasteiger partial charge in [0.05, 0.1) is 18.4 Å². The summed E-state index contributed by atoms with van der Waals surface area (Å²) in [5.74, 6) is 0.349. The number of rotatable bonds is 5. The van der Waals surface area contributed by atoms with E-state index in [4.69, 9.17) is 16.3 Å². The van der Waals surface area contributed by atoms with Crippen molar-refractivity contribution in [2.75, 3.05) is 23.1 Å². The van der Waals surface area contributed by atoms with Gasteiger partial charge in [0.2, 0.25) is 0 Å². The van der Waals surface area contributed by atoms with Crippen LogP contribution in [0.4, 0.5) is 21.9 Å². The lowest BCUT2D eigenvalue weighted by atomic mass is 10.1. The molecule has 0 radical (unpaired) electrons. The Morgan fingerprint density at radius 1 is 0.821 bits per heavy atom. The van der Waals surface area contributed by atoms with Crippen LogP contribution in [0.15, 0.2) is 72.8 Å². The zero-order chi connectivity index (χ0) is 19.9. The molecule has 3 N–H and O–H groups in total. The summed E-state index contributed by atoms with van der Waals surface area (Å²) in [5.41, 5.74) is 1.88. The molecule has 0 fully saturated rings. The summed E-state index contributed by atoms with van der Waals surface area (Å²) in [4.78, 5) is 24.9. The number of methoxy groups -OCH3 is 1. The number of benzene rings is 3. The Hall–Kier alpha value is -3.51. The lowest BCUT2D eigenvalue weighted by Gasteiger charge is -2.12. The van der Waals surface area contributed by atoms with E-state index in [0.29, 0.717) is 33.4 Å². The van der Waals surface area contributed by atoms with Crippen LogP contribution in [0.2, 0.25) is 5.02 Å². The van der Waals surface area contributed by atoms with E-state index in [1.165, 1.54) is 0 Å². The minimum atomic E-state index is -0.480. The van der Waals surface area contributed by atoms with E-state index in [0.717, 1.165) is 0 Å². The summed E-state index contributed by atoms with van der Waals surface area (Å²) in [6.45, 7) is 0. The fraction of sp³-hybridized carbons (Fsp3) is 0.0476. The molecule has 28 heavy (non-hydrogen) atoms. The molecular weight excluding hydrogens is 378 g/mol. The lowest BCUT2D eigenvalue weighted by Crippen LogP contribution is -2.22. The van der Waals surface area contributed by atoms with Gasteiger partial charge in [-0.25, -0.2) is 4.79 Å². The van der Waals surface area contributed by atoms with Crippen LogP contribution in [0.5, 0.6) is 5.75 Å². The SMILES string of the molecule is COc1ccc(NC(=O)c2ccccc2NC(=O)Nc2cccc(Cl)c2)cc1. The number of hydrogen-bond acceptors (Lipinski definition) is 3. The molecule has 3 aromatic rings. The number of carbonyl (C=O) groups is 2. The third-order valence-corrected chi connectivity index (χ3v) is 4.09. The van der Waals surface area contributed by atoms with Gasteiger partial charge in [-0.1, -0.05) is 29.8 Å². The molecule has 0 aliphatic heterocycles. The molecule has 0 saturated heterocycles. The number of urea groups is 1. The monoisotopic (exact) mass is 395 g/mol. The Morgan fingerprint density at radius 3 is 2.29 bits per heavy atom. The van der Waals surface area contributed by atoms with Gasteiger partial charge in [0.1, 0.15) is 5.75 Å². The highest BCUT2D eigenvalue weighted by molar-refractivity contribution is 6.30. The molecule has 0 bridgehead atoms. The Balaban J connectivity index is 1.71. The third kappa shape index (κ3) is 5.02. The quantitative estimate of drug-likeness (QED) is 0.552. The Kier molecular flexibility index (Phi) is 6.14. The van der Waals surface area contributed by atoms with Crippen molar-refractivity contribution in [1.82, 2.24) is 0 Å². The van der Waals surface area contributed by atoms with Crippen molar-refractivity contribution in [3.8, 4) is 5.75 Å². The maximum atomic E-state index is 12.6. The van der Waals surface area contributed by atoms with E-state index < -0.39 is 6.03 Å². The first-order chi connectivity index (χ1) is 13.5. The highest BCUT2D eigenvalue weighted by Gasteiger charge is 2.13. The summed E-state index contributed by atoms with van der Waals surface area (Å²) in [6, 6.07) is 20.0. The number of halogens is 1. The van der Waals surface area contributed by atoms with Gasteiger partial charge in [-0.2, -0.15) is 0 Å². The fourth-order valence-electron chi connectivity index (χ4n) is 2.51. The first kappa shape index (κ1) is 19.3. The van der Waals surface area contributed by atoms with Crippen molar-refractivity contribution >= 4 is 40.6 Å². The van der Waals surface area contributed by atoms with Crippen LogP contribution < -0.4 is 20.7 Å². The van der Waals surface area contributed by atoms with Crippen LogP contribution in [0, 0.1) is 0 Å². The van der Waals surface area contributed by atoms with E-state index in [9.17, 15) is 9.59 Å². The molecule has 0 spiro atoms. The fourth-order valence-corrected chi connectivity index (χ4v) is 2.70. The standard InChI is InChI=1S/C21H18ClN3O3/c1-28-17-11-9-15(10-12-17)23-20(26)18-7-2-3-8-19(18)25-21(27)24-16-6-4-5-14(22)13-16/h2-13H,1H3,(H,23,26)(H2,24,25,27). The molecule has 0 atom stereocenters. The van der Waals surface area contributed by atoms with Gasteiger partial charge in [0, 0.05) is 16.4 Å². The summed E-state index contributed by atoms with van der Waals surface area (Å²) < 4.78 is 5.10. The number of para-hydroxylation sites is 1. The number of anilines is 3.